The van der Waals surface area contributed by atoms with Gasteiger partial charge in [0.15, 0.2) is 5.43 Å². The second-order valence-corrected chi connectivity index (χ2v) is 8.64. The first kappa shape index (κ1) is 21.0. The lowest BCUT2D eigenvalue weighted by Crippen LogP contribution is -2.46. The molecule has 7 nitrogen and oxygen atoms in total. The van der Waals surface area contributed by atoms with E-state index in [1.165, 1.54) is 11.8 Å². The highest BCUT2D eigenvalue weighted by Crippen LogP contribution is 2.35. The Labute approximate surface area is 182 Å². The lowest BCUT2D eigenvalue weighted by atomic mass is 9.88. The zero-order valence-electron chi connectivity index (χ0n) is 16.9. The Morgan fingerprint density at radius 2 is 2.03 bits per heavy atom. The van der Waals surface area contributed by atoms with Crippen molar-refractivity contribution in [2.45, 2.75) is 36.4 Å². The van der Waals surface area contributed by atoms with Gasteiger partial charge in [0.25, 0.3) is 0 Å². The fourth-order valence-corrected chi connectivity index (χ4v) is 5.04. The predicted octanol–water partition coefficient (Wildman–Crippen LogP) is 3.62. The van der Waals surface area contributed by atoms with Gasteiger partial charge in [-0.05, 0) is 43.4 Å². The van der Waals surface area contributed by atoms with E-state index in [4.69, 9.17) is 21.3 Å². The van der Waals surface area contributed by atoms with Crippen molar-refractivity contribution >= 4 is 57.1 Å². The summed E-state index contributed by atoms with van der Waals surface area (Å²) in [5.74, 6) is -0.330. The molecule has 0 radical (unpaired) electrons. The fraction of sp³-hybridized carbons (Fsp3) is 0.381. The number of aromatic nitrogens is 2. The third-order valence-corrected chi connectivity index (χ3v) is 7.02. The molecule has 4 rings (SSSR count). The maximum atomic E-state index is 13.2. The number of anilines is 1. The molecule has 0 saturated heterocycles. The molecule has 1 fully saturated rings. The number of pyridine rings is 2. The number of carbonyl (C=O) groups is 1. The second kappa shape index (κ2) is 8.09. The van der Waals surface area contributed by atoms with Crippen LogP contribution >= 0.6 is 23.4 Å². The number of methoxy groups -OCH3 is 1. The smallest absolute Gasteiger partial charge is 0.323 e. The van der Waals surface area contributed by atoms with Crippen molar-refractivity contribution in [1.82, 2.24) is 9.55 Å². The van der Waals surface area contributed by atoms with Gasteiger partial charge in [0.2, 0.25) is 0 Å². The minimum Gasteiger partial charge on any atom is -0.480 e. The first-order chi connectivity index (χ1) is 14.3. The van der Waals surface area contributed by atoms with Crippen LogP contribution < -0.4 is 10.3 Å². The van der Waals surface area contributed by atoms with Crippen molar-refractivity contribution in [1.29, 1.82) is 0 Å². The molecule has 1 aliphatic rings. The zero-order valence-corrected chi connectivity index (χ0v) is 18.5. The fourth-order valence-electron chi connectivity index (χ4n) is 3.98. The highest BCUT2D eigenvalue weighted by atomic mass is 35.5. The highest BCUT2D eigenvalue weighted by Gasteiger charge is 2.33. The van der Waals surface area contributed by atoms with Crippen LogP contribution in [0.5, 0.6) is 0 Å². The van der Waals surface area contributed by atoms with E-state index in [1.807, 2.05) is 19.4 Å². The van der Waals surface area contributed by atoms with E-state index < -0.39 is 5.97 Å². The molecule has 1 aromatic carbocycles. The van der Waals surface area contributed by atoms with Crippen LogP contribution in [0.15, 0.2) is 34.0 Å². The van der Waals surface area contributed by atoms with Crippen LogP contribution in [0.3, 0.4) is 0 Å². The molecule has 0 atom stereocenters. The Bertz CT molecular complexity index is 1210. The van der Waals surface area contributed by atoms with Gasteiger partial charge in [-0.15, -0.1) is 11.8 Å². The summed E-state index contributed by atoms with van der Waals surface area (Å²) in [5.41, 5.74) is 0.670. The lowest BCUT2D eigenvalue weighted by Gasteiger charge is -2.40. The molecule has 0 spiro atoms. The molecule has 0 bridgehead atoms. The Morgan fingerprint density at radius 3 is 2.67 bits per heavy atom. The van der Waals surface area contributed by atoms with Gasteiger partial charge in [0.1, 0.15) is 18.0 Å². The average Bonchev–Trinajstić information content (AvgIpc) is 2.69. The number of nitrogens with zero attached hydrogens (tertiary/aromatic N) is 3. The maximum Gasteiger partial charge on any atom is 0.323 e. The Hall–Kier alpha value is -2.29. The number of rotatable bonds is 6. The number of hydrogen-bond acceptors (Lipinski definition) is 6. The molecule has 0 unspecified atom stereocenters. The first-order valence-electron chi connectivity index (χ1n) is 9.52. The van der Waals surface area contributed by atoms with Crippen molar-refractivity contribution in [2.24, 2.45) is 0 Å². The third-order valence-electron chi connectivity index (χ3n) is 5.77. The molecule has 3 aromatic rings. The summed E-state index contributed by atoms with van der Waals surface area (Å²) in [7, 11) is 3.66. The number of benzene rings is 1. The summed E-state index contributed by atoms with van der Waals surface area (Å²) in [4.78, 5) is 32.3. The molecule has 2 aromatic heterocycles. The van der Waals surface area contributed by atoms with Gasteiger partial charge in [0, 0.05) is 25.6 Å². The first-order valence-corrected chi connectivity index (χ1v) is 11.1. The van der Waals surface area contributed by atoms with Gasteiger partial charge in [-0.2, -0.15) is 0 Å². The minimum absolute atomic E-state index is 0.182. The standard InChI is InChI=1S/C21H22ClN3O4S/c1-24(11-8-12(9-11)29-2)16-7-5-14-19(28)13-4-6-15(22)20(30-3)18(13)25(10-17(26)27)21(14)23-16/h4-7,11-12H,8-10H2,1-3H3,(H,26,27)/t11-,12-. The van der Waals surface area contributed by atoms with Crippen LogP contribution in [0.1, 0.15) is 12.8 Å². The largest absolute Gasteiger partial charge is 0.480 e. The number of aliphatic carboxylic acids is 1. The zero-order chi connectivity index (χ0) is 21.6. The molecule has 9 heteroatoms. The molecule has 0 aliphatic heterocycles. The van der Waals surface area contributed by atoms with Crippen molar-refractivity contribution in [3.05, 3.63) is 39.5 Å². The second-order valence-electron chi connectivity index (χ2n) is 7.42. The summed E-state index contributed by atoms with van der Waals surface area (Å²) in [6, 6.07) is 7.15. The molecular weight excluding hydrogens is 426 g/mol. The summed E-state index contributed by atoms with van der Waals surface area (Å²) < 4.78 is 6.95. The molecule has 30 heavy (non-hydrogen) atoms. The van der Waals surface area contributed by atoms with Crippen LogP contribution in [-0.2, 0) is 16.1 Å². The van der Waals surface area contributed by atoms with Crippen molar-refractivity contribution in [2.75, 3.05) is 25.3 Å². The molecule has 1 N–H and O–H groups in total. The lowest BCUT2D eigenvalue weighted by molar-refractivity contribution is -0.137. The van der Waals surface area contributed by atoms with Crippen LogP contribution in [0.25, 0.3) is 21.9 Å². The van der Waals surface area contributed by atoms with E-state index in [1.54, 1.807) is 29.9 Å². The number of fused-ring (bicyclic) bond motifs is 2. The van der Waals surface area contributed by atoms with Crippen LogP contribution in [0.4, 0.5) is 5.82 Å². The van der Waals surface area contributed by atoms with Crippen molar-refractivity contribution in [3.63, 3.8) is 0 Å². The average molecular weight is 448 g/mol. The van der Waals surface area contributed by atoms with Crippen molar-refractivity contribution < 1.29 is 14.6 Å². The van der Waals surface area contributed by atoms with Gasteiger partial charge < -0.3 is 19.3 Å². The monoisotopic (exact) mass is 447 g/mol. The van der Waals surface area contributed by atoms with E-state index >= 15 is 0 Å². The van der Waals surface area contributed by atoms with Crippen LogP contribution in [0, 0.1) is 0 Å². The number of carboxylic acids is 1. The number of halogens is 1. The summed E-state index contributed by atoms with van der Waals surface area (Å²) >= 11 is 7.75. The predicted molar refractivity (Wildman–Crippen MR) is 120 cm³/mol. The Kier molecular flexibility index (Phi) is 5.65. The molecule has 1 saturated carbocycles. The van der Waals surface area contributed by atoms with E-state index in [2.05, 4.69) is 4.90 Å². The number of ether oxygens (including phenoxy) is 1. The molecule has 2 heterocycles. The topological polar surface area (TPSA) is 84.7 Å². The summed E-state index contributed by atoms with van der Waals surface area (Å²) in [5, 5.41) is 10.9. The summed E-state index contributed by atoms with van der Waals surface area (Å²) in [6.07, 6.45) is 3.90. The normalized spacial score (nSPS) is 18.5. The van der Waals surface area contributed by atoms with E-state index in [0.717, 1.165) is 12.8 Å². The summed E-state index contributed by atoms with van der Waals surface area (Å²) in [6.45, 7) is -0.323. The molecular formula is C21H22ClN3O4S. The highest BCUT2D eigenvalue weighted by molar-refractivity contribution is 7.99. The van der Waals surface area contributed by atoms with E-state index in [9.17, 15) is 14.7 Å². The van der Waals surface area contributed by atoms with Gasteiger partial charge in [-0.3, -0.25) is 9.59 Å². The van der Waals surface area contributed by atoms with Gasteiger partial charge in [-0.25, -0.2) is 4.98 Å². The van der Waals surface area contributed by atoms with Gasteiger partial charge >= 0.3 is 5.97 Å². The van der Waals surface area contributed by atoms with E-state index in [0.29, 0.717) is 37.7 Å². The number of hydrogen-bond donors (Lipinski definition) is 1. The number of carboxylic acid groups (broad SMARTS) is 1. The van der Waals surface area contributed by atoms with Crippen molar-refractivity contribution in [3.8, 4) is 0 Å². The maximum absolute atomic E-state index is 13.2. The molecule has 1 aliphatic carbocycles. The minimum atomic E-state index is -1.02. The van der Waals surface area contributed by atoms with E-state index in [-0.39, 0.29) is 24.1 Å². The number of thioether (sulfide) groups is 1. The molecule has 0 amide bonds. The quantitative estimate of drug-likeness (QED) is 0.456. The third kappa shape index (κ3) is 3.42. The Morgan fingerprint density at radius 1 is 1.33 bits per heavy atom. The van der Waals surface area contributed by atoms with Crippen LogP contribution in [-0.4, -0.2) is 53.2 Å². The SMILES string of the molecule is CO[C@H]1C[C@H](N(C)c2ccc3c(=O)c4ccc(Cl)c(SC)c4n(CC(=O)O)c3n2)C1. The van der Waals surface area contributed by atoms with Gasteiger partial charge in [-0.1, -0.05) is 11.6 Å². The molecule has 158 valence electrons. The van der Waals surface area contributed by atoms with Crippen LogP contribution in [0.2, 0.25) is 5.02 Å². The van der Waals surface area contributed by atoms with Gasteiger partial charge in [0.05, 0.1) is 26.9 Å². The Balaban J connectivity index is 1.97.